The van der Waals surface area contributed by atoms with Crippen LogP contribution in [0, 0.1) is 6.92 Å². The predicted octanol–water partition coefficient (Wildman–Crippen LogP) is -0.497. The number of carbonyl (C=O) groups is 1. The molecule has 2 N–H and O–H groups in total. The second-order valence-electron chi connectivity index (χ2n) is 5.31. The summed E-state index contributed by atoms with van der Waals surface area (Å²) in [6, 6.07) is 4.55. The molecule has 8 nitrogen and oxygen atoms in total. The molecule has 0 aromatic heterocycles. The molecule has 0 saturated carbocycles. The highest BCUT2D eigenvalue weighted by atomic mass is 32.2. The Morgan fingerprint density at radius 1 is 1.38 bits per heavy atom. The van der Waals surface area contributed by atoms with E-state index in [1.165, 1.54) is 16.4 Å². The number of benzene rings is 1. The fourth-order valence-corrected chi connectivity index (χ4v) is 3.76. The van der Waals surface area contributed by atoms with Crippen molar-refractivity contribution in [3.63, 3.8) is 0 Å². The van der Waals surface area contributed by atoms with Gasteiger partial charge in [0.25, 0.3) is 5.91 Å². The normalized spacial score (nSPS) is 15.9. The Hall–Kier alpha value is -1.68. The van der Waals surface area contributed by atoms with Crippen LogP contribution in [0.5, 0.6) is 5.75 Å². The lowest BCUT2D eigenvalue weighted by Gasteiger charge is -2.26. The lowest BCUT2D eigenvalue weighted by Crippen LogP contribution is -2.40. The summed E-state index contributed by atoms with van der Waals surface area (Å²) in [4.78, 5) is 11.7. The Kier molecular flexibility index (Phi) is 6.55. The largest absolute Gasteiger partial charge is 0.484 e. The number of carbonyl (C=O) groups excluding carboxylic acids is 1. The molecular formula is C15H22N2O6S. The lowest BCUT2D eigenvalue weighted by atomic mass is 10.2. The van der Waals surface area contributed by atoms with Gasteiger partial charge >= 0.3 is 0 Å². The first-order chi connectivity index (χ1) is 11.4. The second-order valence-corrected chi connectivity index (χ2v) is 7.24. The maximum absolute atomic E-state index is 12.6. The number of nitrogens with zero attached hydrogens (tertiary/aromatic N) is 1. The van der Waals surface area contributed by atoms with Gasteiger partial charge in [0.05, 0.1) is 24.7 Å². The van der Waals surface area contributed by atoms with Crippen LogP contribution in [0.1, 0.15) is 5.56 Å². The van der Waals surface area contributed by atoms with Crippen LogP contribution in [0.15, 0.2) is 23.1 Å². The first-order valence-electron chi connectivity index (χ1n) is 7.64. The van der Waals surface area contributed by atoms with Gasteiger partial charge in [0.1, 0.15) is 5.75 Å². The molecule has 1 heterocycles. The number of ether oxygens (including phenoxy) is 2. The molecule has 1 aliphatic rings. The highest BCUT2D eigenvalue weighted by Crippen LogP contribution is 2.24. The van der Waals surface area contributed by atoms with Gasteiger partial charge in [-0.1, -0.05) is 0 Å². The first-order valence-corrected chi connectivity index (χ1v) is 9.08. The van der Waals surface area contributed by atoms with Gasteiger partial charge in [0.15, 0.2) is 6.61 Å². The molecule has 0 spiro atoms. The molecule has 0 unspecified atom stereocenters. The van der Waals surface area contributed by atoms with Crippen molar-refractivity contribution in [1.29, 1.82) is 0 Å². The van der Waals surface area contributed by atoms with Gasteiger partial charge in [-0.15, -0.1) is 0 Å². The third-order valence-electron chi connectivity index (χ3n) is 3.55. The van der Waals surface area contributed by atoms with Crippen molar-refractivity contribution >= 4 is 15.9 Å². The Labute approximate surface area is 141 Å². The molecule has 1 fully saturated rings. The molecule has 0 atom stereocenters. The zero-order valence-electron chi connectivity index (χ0n) is 13.5. The van der Waals surface area contributed by atoms with Crippen LogP contribution < -0.4 is 10.1 Å². The van der Waals surface area contributed by atoms with Gasteiger partial charge in [-0.2, -0.15) is 4.31 Å². The van der Waals surface area contributed by atoms with Crippen LogP contribution in [0.4, 0.5) is 0 Å². The number of sulfonamides is 1. The van der Waals surface area contributed by atoms with E-state index in [-0.39, 0.29) is 30.6 Å². The highest BCUT2D eigenvalue weighted by Gasteiger charge is 2.26. The molecule has 1 aromatic carbocycles. The van der Waals surface area contributed by atoms with E-state index in [9.17, 15) is 13.2 Å². The van der Waals surface area contributed by atoms with Crippen molar-refractivity contribution in [2.24, 2.45) is 0 Å². The number of aryl methyl sites for hydroxylation is 1. The van der Waals surface area contributed by atoms with Gasteiger partial charge in [0.2, 0.25) is 10.0 Å². The minimum atomic E-state index is -3.55. The Balaban J connectivity index is 2.04. The van der Waals surface area contributed by atoms with E-state index in [0.29, 0.717) is 37.6 Å². The second kappa shape index (κ2) is 8.43. The van der Waals surface area contributed by atoms with Crippen molar-refractivity contribution in [3.05, 3.63) is 23.8 Å². The molecule has 1 aliphatic heterocycles. The zero-order chi connectivity index (χ0) is 17.6. The third-order valence-corrected chi connectivity index (χ3v) is 5.44. The summed E-state index contributed by atoms with van der Waals surface area (Å²) in [5.74, 6) is 0.0866. The molecule has 0 aliphatic carbocycles. The van der Waals surface area contributed by atoms with E-state index >= 15 is 0 Å². The van der Waals surface area contributed by atoms with Crippen LogP contribution in [0.2, 0.25) is 0 Å². The van der Waals surface area contributed by atoms with E-state index in [2.05, 4.69) is 5.32 Å². The fourth-order valence-electron chi connectivity index (χ4n) is 2.27. The maximum atomic E-state index is 12.6. The average Bonchev–Trinajstić information content (AvgIpc) is 2.59. The minimum Gasteiger partial charge on any atom is -0.484 e. The average molecular weight is 358 g/mol. The topological polar surface area (TPSA) is 105 Å². The van der Waals surface area contributed by atoms with Gasteiger partial charge in [-0.25, -0.2) is 8.42 Å². The SMILES string of the molecule is Cc1cc(S(=O)(=O)N2CCOCC2)ccc1OCC(=O)NCCO. The number of amides is 1. The lowest BCUT2D eigenvalue weighted by molar-refractivity contribution is -0.123. The van der Waals surface area contributed by atoms with Gasteiger partial charge in [0, 0.05) is 19.6 Å². The summed E-state index contributed by atoms with van der Waals surface area (Å²) in [7, 11) is -3.55. The fraction of sp³-hybridized carbons (Fsp3) is 0.533. The Bertz CT molecular complexity index is 671. The molecule has 24 heavy (non-hydrogen) atoms. The van der Waals surface area contributed by atoms with Crippen LogP contribution in [0.3, 0.4) is 0 Å². The molecule has 1 aromatic rings. The van der Waals surface area contributed by atoms with Crippen molar-refractivity contribution < 1.29 is 27.8 Å². The molecule has 9 heteroatoms. The molecule has 1 amide bonds. The molecule has 1 saturated heterocycles. The molecule has 2 rings (SSSR count). The molecule has 134 valence electrons. The minimum absolute atomic E-state index is 0.140. The van der Waals surface area contributed by atoms with Crippen molar-refractivity contribution in [1.82, 2.24) is 9.62 Å². The number of hydrogen-bond acceptors (Lipinski definition) is 6. The van der Waals surface area contributed by atoms with E-state index in [1.54, 1.807) is 13.0 Å². The quantitative estimate of drug-likeness (QED) is 0.681. The van der Waals surface area contributed by atoms with Gasteiger partial charge < -0.3 is 19.9 Å². The number of aliphatic hydroxyl groups is 1. The van der Waals surface area contributed by atoms with Crippen LogP contribution in [-0.2, 0) is 19.6 Å². The summed E-state index contributed by atoms with van der Waals surface area (Å²) in [6.07, 6.45) is 0. The molecule has 0 radical (unpaired) electrons. The van der Waals surface area contributed by atoms with E-state index in [1.807, 2.05) is 0 Å². The van der Waals surface area contributed by atoms with Gasteiger partial charge in [-0.3, -0.25) is 4.79 Å². The standard InChI is InChI=1S/C15H22N2O6S/c1-12-10-13(24(20,21)17-5-8-22-9-6-17)2-3-14(12)23-11-15(19)16-4-7-18/h2-3,10,18H,4-9,11H2,1H3,(H,16,19). The van der Waals surface area contributed by atoms with Crippen molar-refractivity contribution in [2.45, 2.75) is 11.8 Å². The number of rotatable bonds is 7. The maximum Gasteiger partial charge on any atom is 0.258 e. The van der Waals surface area contributed by atoms with Crippen LogP contribution in [-0.4, -0.2) is 69.8 Å². The monoisotopic (exact) mass is 358 g/mol. The highest BCUT2D eigenvalue weighted by molar-refractivity contribution is 7.89. The number of nitrogens with one attached hydrogen (secondary N) is 1. The third kappa shape index (κ3) is 4.67. The first kappa shape index (κ1) is 18.7. The predicted molar refractivity (Wildman–Crippen MR) is 86.3 cm³/mol. The summed E-state index contributed by atoms with van der Waals surface area (Å²) in [5.41, 5.74) is 0.624. The number of hydrogen-bond donors (Lipinski definition) is 2. The van der Waals surface area contributed by atoms with Crippen molar-refractivity contribution in [3.8, 4) is 5.75 Å². The van der Waals surface area contributed by atoms with Gasteiger partial charge in [-0.05, 0) is 30.7 Å². The zero-order valence-corrected chi connectivity index (χ0v) is 14.3. The summed E-state index contributed by atoms with van der Waals surface area (Å²) in [5, 5.41) is 11.1. The molecular weight excluding hydrogens is 336 g/mol. The molecule has 0 bridgehead atoms. The smallest absolute Gasteiger partial charge is 0.258 e. The Morgan fingerprint density at radius 3 is 2.71 bits per heavy atom. The van der Waals surface area contributed by atoms with E-state index < -0.39 is 10.0 Å². The van der Waals surface area contributed by atoms with E-state index in [0.717, 1.165) is 0 Å². The summed E-state index contributed by atoms with van der Waals surface area (Å²) < 4.78 is 37.1. The van der Waals surface area contributed by atoms with Crippen LogP contribution in [0.25, 0.3) is 0 Å². The van der Waals surface area contributed by atoms with E-state index in [4.69, 9.17) is 14.6 Å². The Morgan fingerprint density at radius 2 is 2.08 bits per heavy atom. The number of morpholine rings is 1. The van der Waals surface area contributed by atoms with Crippen LogP contribution >= 0.6 is 0 Å². The summed E-state index contributed by atoms with van der Waals surface area (Å²) >= 11 is 0. The summed E-state index contributed by atoms with van der Waals surface area (Å²) in [6.45, 7) is 3.01. The van der Waals surface area contributed by atoms with Crippen molar-refractivity contribution in [2.75, 3.05) is 46.1 Å². The number of aliphatic hydroxyl groups excluding tert-OH is 1.